The van der Waals surface area contributed by atoms with Crippen molar-refractivity contribution in [3.8, 4) is 0 Å². The van der Waals surface area contributed by atoms with Crippen molar-refractivity contribution in [1.29, 1.82) is 0 Å². The summed E-state index contributed by atoms with van der Waals surface area (Å²) in [4.78, 5) is 50.8. The minimum Gasteiger partial charge on any atom is -0.479 e. The van der Waals surface area contributed by atoms with Crippen molar-refractivity contribution in [2.24, 2.45) is 0 Å². The highest BCUT2D eigenvalue weighted by molar-refractivity contribution is 5.84. The van der Waals surface area contributed by atoms with E-state index in [1.54, 1.807) is 54.6 Å². The zero-order valence-electron chi connectivity index (χ0n) is 14.9. The van der Waals surface area contributed by atoms with Crippen LogP contribution in [-0.4, -0.2) is 26.5 Å². The first kappa shape index (κ1) is 19.1. The first-order chi connectivity index (χ1) is 13.5. The van der Waals surface area contributed by atoms with E-state index in [4.69, 9.17) is 0 Å². The Bertz CT molecular complexity index is 1120. The molecule has 0 aliphatic rings. The molecule has 0 unspecified atom stereocenters. The largest absolute Gasteiger partial charge is 0.479 e. The number of para-hydroxylation sites is 1. The number of hydrogen-bond acceptors (Lipinski definition) is 4. The Balaban J connectivity index is 1.66. The van der Waals surface area contributed by atoms with Crippen molar-refractivity contribution in [3.05, 3.63) is 81.0 Å². The van der Waals surface area contributed by atoms with Gasteiger partial charge in [0.2, 0.25) is 5.91 Å². The summed E-state index contributed by atoms with van der Waals surface area (Å²) in [7, 11) is 0. The second-order valence-electron chi connectivity index (χ2n) is 6.29. The molecule has 0 bridgehead atoms. The molecule has 0 saturated carbocycles. The summed E-state index contributed by atoms with van der Waals surface area (Å²) in [6.45, 7) is 0.0511. The van der Waals surface area contributed by atoms with E-state index in [1.165, 1.54) is 0 Å². The second kappa shape index (κ2) is 8.34. The zero-order valence-corrected chi connectivity index (χ0v) is 14.9. The van der Waals surface area contributed by atoms with Gasteiger partial charge in [0, 0.05) is 13.0 Å². The van der Waals surface area contributed by atoms with Gasteiger partial charge in [0.05, 0.1) is 10.9 Å². The maximum atomic E-state index is 12.4. The van der Waals surface area contributed by atoms with E-state index < -0.39 is 29.2 Å². The zero-order chi connectivity index (χ0) is 20.1. The first-order valence-corrected chi connectivity index (χ1v) is 8.76. The number of carbonyl (C=O) groups is 2. The van der Waals surface area contributed by atoms with Crippen molar-refractivity contribution in [2.45, 2.75) is 25.4 Å². The van der Waals surface area contributed by atoms with Crippen LogP contribution < -0.4 is 16.6 Å². The topological polar surface area (TPSA) is 121 Å². The summed E-state index contributed by atoms with van der Waals surface area (Å²) < 4.78 is 1.04. The third-order valence-electron chi connectivity index (χ3n) is 4.36. The molecule has 0 fully saturated rings. The fourth-order valence-electron chi connectivity index (χ4n) is 2.97. The molecule has 2 aromatic carbocycles. The Morgan fingerprint density at radius 3 is 2.43 bits per heavy atom. The van der Waals surface area contributed by atoms with E-state index in [9.17, 15) is 24.3 Å². The minimum absolute atomic E-state index is 0.0185. The van der Waals surface area contributed by atoms with Crippen LogP contribution in [0.4, 0.5) is 0 Å². The number of carboxylic acid groups (broad SMARTS) is 1. The number of rotatable bonds is 7. The van der Waals surface area contributed by atoms with Crippen LogP contribution in [0, 0.1) is 0 Å². The molecule has 3 aromatic rings. The van der Waals surface area contributed by atoms with Gasteiger partial charge in [-0.25, -0.2) is 9.59 Å². The number of carbonyl (C=O) groups excluding carboxylic acids is 1. The number of amides is 1. The van der Waals surface area contributed by atoms with Gasteiger partial charge in [-0.05, 0) is 24.1 Å². The number of carboxylic acids is 1. The molecule has 1 aromatic heterocycles. The van der Waals surface area contributed by atoms with Gasteiger partial charge in [0.1, 0.15) is 0 Å². The lowest BCUT2D eigenvalue weighted by molar-refractivity contribution is -0.142. The molecule has 0 aliphatic carbocycles. The van der Waals surface area contributed by atoms with E-state index in [0.29, 0.717) is 16.5 Å². The molecule has 0 radical (unpaired) electrons. The number of hydrogen-bond donors (Lipinski definition) is 3. The van der Waals surface area contributed by atoms with E-state index in [-0.39, 0.29) is 19.4 Å². The van der Waals surface area contributed by atoms with E-state index in [2.05, 4.69) is 10.3 Å². The monoisotopic (exact) mass is 381 g/mol. The number of fused-ring (bicyclic) bond motifs is 1. The lowest BCUT2D eigenvalue weighted by Crippen LogP contribution is -2.36. The molecule has 28 heavy (non-hydrogen) atoms. The molecular weight excluding hydrogens is 362 g/mol. The molecule has 1 heterocycles. The Morgan fingerprint density at radius 2 is 1.71 bits per heavy atom. The Hall–Kier alpha value is -3.68. The molecule has 8 nitrogen and oxygen atoms in total. The van der Waals surface area contributed by atoms with Crippen molar-refractivity contribution < 1.29 is 14.7 Å². The normalized spacial score (nSPS) is 11.9. The van der Waals surface area contributed by atoms with Gasteiger partial charge in [-0.2, -0.15) is 0 Å². The van der Waals surface area contributed by atoms with Crippen LogP contribution >= 0.6 is 0 Å². The number of aromatic nitrogens is 2. The quantitative estimate of drug-likeness (QED) is 0.571. The van der Waals surface area contributed by atoms with E-state index >= 15 is 0 Å². The average Bonchev–Trinajstić information content (AvgIpc) is 2.69. The molecule has 144 valence electrons. The molecule has 3 rings (SSSR count). The lowest BCUT2D eigenvalue weighted by Gasteiger charge is -2.15. The third kappa shape index (κ3) is 4.17. The van der Waals surface area contributed by atoms with Gasteiger partial charge in [0.25, 0.3) is 5.56 Å². The van der Waals surface area contributed by atoms with Crippen LogP contribution in [0.15, 0.2) is 64.2 Å². The van der Waals surface area contributed by atoms with Crippen molar-refractivity contribution in [3.63, 3.8) is 0 Å². The molecule has 1 atom stereocenters. The van der Waals surface area contributed by atoms with E-state index in [0.717, 1.165) is 4.57 Å². The number of aromatic amines is 1. The summed E-state index contributed by atoms with van der Waals surface area (Å²) in [5.74, 6) is -1.64. The molecule has 8 heteroatoms. The number of aliphatic carboxylic acids is 1. The second-order valence-corrected chi connectivity index (χ2v) is 6.29. The van der Waals surface area contributed by atoms with Crippen LogP contribution in [0.5, 0.6) is 0 Å². The highest BCUT2D eigenvalue weighted by atomic mass is 16.4. The SMILES string of the molecule is O=C(CCCn1c(=O)[nH]c2ccccc2c1=O)N[C@H](C(=O)O)c1ccccc1. The number of H-pyrrole nitrogens is 1. The van der Waals surface area contributed by atoms with Crippen molar-refractivity contribution in [2.75, 3.05) is 0 Å². The summed E-state index contributed by atoms with van der Waals surface area (Å²) in [6, 6.07) is 13.9. The van der Waals surface area contributed by atoms with Gasteiger partial charge in [0.15, 0.2) is 6.04 Å². The third-order valence-corrected chi connectivity index (χ3v) is 4.36. The number of benzene rings is 2. The minimum atomic E-state index is -1.17. The molecule has 0 spiro atoms. The predicted octanol–water partition coefficient (Wildman–Crippen LogP) is 1.41. The molecule has 3 N–H and O–H groups in total. The smallest absolute Gasteiger partial charge is 0.330 e. The van der Waals surface area contributed by atoms with Crippen molar-refractivity contribution >= 4 is 22.8 Å². The number of nitrogens with one attached hydrogen (secondary N) is 2. The maximum Gasteiger partial charge on any atom is 0.330 e. The van der Waals surface area contributed by atoms with E-state index in [1.807, 2.05) is 0 Å². The van der Waals surface area contributed by atoms with Gasteiger partial charge >= 0.3 is 11.7 Å². The molecule has 0 aliphatic heterocycles. The van der Waals surface area contributed by atoms with Crippen LogP contribution in [0.3, 0.4) is 0 Å². The fraction of sp³-hybridized carbons (Fsp3) is 0.200. The standard InChI is InChI=1S/C20H19N3O5/c24-16(22-17(19(26)27)13-7-2-1-3-8-13)11-6-12-23-18(25)14-9-4-5-10-15(14)21-20(23)28/h1-5,7-10,17H,6,11-12H2,(H,21,28)(H,22,24)(H,26,27)/t17-/m0/s1. The Morgan fingerprint density at radius 1 is 1.04 bits per heavy atom. The average molecular weight is 381 g/mol. The van der Waals surface area contributed by atoms with Crippen LogP contribution in [0.25, 0.3) is 10.9 Å². The van der Waals surface area contributed by atoms with Crippen LogP contribution in [0.2, 0.25) is 0 Å². The van der Waals surface area contributed by atoms with Crippen molar-refractivity contribution in [1.82, 2.24) is 14.9 Å². The molecular formula is C20H19N3O5. The lowest BCUT2D eigenvalue weighted by atomic mass is 10.1. The highest BCUT2D eigenvalue weighted by Gasteiger charge is 2.21. The van der Waals surface area contributed by atoms with Gasteiger partial charge < -0.3 is 15.4 Å². The van der Waals surface area contributed by atoms with Crippen LogP contribution in [0.1, 0.15) is 24.4 Å². The van der Waals surface area contributed by atoms with Gasteiger partial charge in [-0.1, -0.05) is 42.5 Å². The summed E-state index contributed by atoms with van der Waals surface area (Å²) >= 11 is 0. The molecule has 1 amide bonds. The van der Waals surface area contributed by atoms with Gasteiger partial charge in [-0.3, -0.25) is 14.2 Å². The fourth-order valence-corrected chi connectivity index (χ4v) is 2.97. The van der Waals surface area contributed by atoms with Gasteiger partial charge in [-0.15, -0.1) is 0 Å². The summed E-state index contributed by atoms with van der Waals surface area (Å²) in [5, 5.41) is 12.2. The predicted molar refractivity (Wildman–Crippen MR) is 103 cm³/mol. The number of nitrogens with zero attached hydrogens (tertiary/aromatic N) is 1. The summed E-state index contributed by atoms with van der Waals surface area (Å²) in [6.07, 6.45) is 0.198. The van der Waals surface area contributed by atoms with Crippen LogP contribution in [-0.2, 0) is 16.1 Å². The highest BCUT2D eigenvalue weighted by Crippen LogP contribution is 2.13. The molecule has 0 saturated heterocycles. The summed E-state index contributed by atoms with van der Waals surface area (Å²) in [5.41, 5.74) is -0.0477. The Kier molecular flexibility index (Phi) is 5.69. The first-order valence-electron chi connectivity index (χ1n) is 8.76. The maximum absolute atomic E-state index is 12.4. The Labute approximate surface area is 159 Å².